The molecule has 0 saturated heterocycles. The van der Waals surface area contributed by atoms with E-state index in [2.05, 4.69) is 21.2 Å². The zero-order valence-corrected chi connectivity index (χ0v) is 10.3. The number of carbonyl (C=O) groups excluding carboxylic acids is 1. The lowest BCUT2D eigenvalue weighted by Crippen LogP contribution is -2.35. The van der Waals surface area contributed by atoms with Crippen LogP contribution < -0.4 is 5.32 Å². The van der Waals surface area contributed by atoms with Crippen molar-refractivity contribution in [3.63, 3.8) is 0 Å². The van der Waals surface area contributed by atoms with Crippen molar-refractivity contribution in [2.45, 2.75) is 19.9 Å². The van der Waals surface area contributed by atoms with Gasteiger partial charge in [-0.15, -0.1) is 0 Å². The van der Waals surface area contributed by atoms with Gasteiger partial charge in [0, 0.05) is 16.1 Å². The van der Waals surface area contributed by atoms with Gasteiger partial charge in [-0.3, -0.25) is 4.79 Å². The third-order valence-corrected chi connectivity index (χ3v) is 2.41. The summed E-state index contributed by atoms with van der Waals surface area (Å²) in [5.41, 5.74) is 1.62. The minimum atomic E-state index is -0.225. The molecule has 82 valence electrons. The Morgan fingerprint density at radius 3 is 2.73 bits per heavy atom. The van der Waals surface area contributed by atoms with E-state index < -0.39 is 0 Å². The van der Waals surface area contributed by atoms with Crippen molar-refractivity contribution in [3.8, 4) is 0 Å². The highest BCUT2D eigenvalue weighted by molar-refractivity contribution is 9.10. The first kappa shape index (κ1) is 12.2. The average Bonchev–Trinajstić information content (AvgIpc) is 2.16. The van der Waals surface area contributed by atoms with Crippen LogP contribution >= 0.6 is 15.9 Å². The Morgan fingerprint density at radius 1 is 1.53 bits per heavy atom. The first-order chi connectivity index (χ1) is 7.02. The SMILES string of the molecule is Cc1cc(Br)cc(C(=O)N[C@@H](C)CO)c1. The molecule has 0 spiro atoms. The van der Waals surface area contributed by atoms with Crippen molar-refractivity contribution in [2.24, 2.45) is 0 Å². The van der Waals surface area contributed by atoms with Gasteiger partial charge in [0.25, 0.3) is 5.91 Å². The summed E-state index contributed by atoms with van der Waals surface area (Å²) < 4.78 is 0.879. The summed E-state index contributed by atoms with van der Waals surface area (Å²) in [7, 11) is 0. The van der Waals surface area contributed by atoms with Crippen LogP contribution in [-0.4, -0.2) is 23.7 Å². The lowest BCUT2D eigenvalue weighted by molar-refractivity contribution is 0.0922. The number of nitrogens with one attached hydrogen (secondary N) is 1. The van der Waals surface area contributed by atoms with E-state index >= 15 is 0 Å². The maximum Gasteiger partial charge on any atom is 0.251 e. The molecule has 4 heteroatoms. The molecule has 0 fully saturated rings. The molecule has 3 nitrogen and oxygen atoms in total. The highest BCUT2D eigenvalue weighted by Gasteiger charge is 2.09. The van der Waals surface area contributed by atoms with Gasteiger partial charge in [-0.1, -0.05) is 15.9 Å². The highest BCUT2D eigenvalue weighted by Crippen LogP contribution is 2.15. The van der Waals surface area contributed by atoms with Gasteiger partial charge in [0.2, 0.25) is 0 Å². The van der Waals surface area contributed by atoms with E-state index in [4.69, 9.17) is 5.11 Å². The molecular formula is C11H14BrNO2. The molecule has 0 heterocycles. The van der Waals surface area contributed by atoms with Crippen molar-refractivity contribution in [1.82, 2.24) is 5.32 Å². The zero-order valence-electron chi connectivity index (χ0n) is 8.75. The number of aryl methyl sites for hydroxylation is 1. The molecule has 15 heavy (non-hydrogen) atoms. The predicted molar refractivity (Wildman–Crippen MR) is 62.9 cm³/mol. The summed E-state index contributed by atoms with van der Waals surface area (Å²) >= 11 is 3.34. The molecular weight excluding hydrogens is 258 g/mol. The molecule has 1 aromatic carbocycles. The van der Waals surface area contributed by atoms with Crippen LogP contribution in [0.15, 0.2) is 22.7 Å². The Hall–Kier alpha value is -0.870. The number of hydrogen-bond acceptors (Lipinski definition) is 2. The molecule has 0 aromatic heterocycles. The van der Waals surface area contributed by atoms with Crippen LogP contribution in [0.1, 0.15) is 22.8 Å². The van der Waals surface area contributed by atoms with E-state index in [-0.39, 0.29) is 18.6 Å². The molecule has 1 aromatic rings. The van der Waals surface area contributed by atoms with Crippen LogP contribution in [0, 0.1) is 6.92 Å². The summed E-state index contributed by atoms with van der Waals surface area (Å²) in [6.07, 6.45) is 0. The van der Waals surface area contributed by atoms with Gasteiger partial charge in [-0.05, 0) is 37.6 Å². The fourth-order valence-electron chi connectivity index (χ4n) is 1.22. The molecule has 1 rings (SSSR count). The number of rotatable bonds is 3. The first-order valence-electron chi connectivity index (χ1n) is 4.72. The largest absolute Gasteiger partial charge is 0.394 e. The lowest BCUT2D eigenvalue weighted by Gasteiger charge is -2.11. The molecule has 0 unspecified atom stereocenters. The summed E-state index contributed by atoms with van der Waals surface area (Å²) in [4.78, 5) is 11.7. The van der Waals surface area contributed by atoms with Crippen LogP contribution in [0.4, 0.5) is 0 Å². The third-order valence-electron chi connectivity index (χ3n) is 1.96. The number of benzene rings is 1. The number of hydrogen-bond donors (Lipinski definition) is 2. The Labute approximate surface area is 97.6 Å². The van der Waals surface area contributed by atoms with Crippen LogP contribution in [-0.2, 0) is 0 Å². The van der Waals surface area contributed by atoms with E-state index in [1.165, 1.54) is 0 Å². The summed E-state index contributed by atoms with van der Waals surface area (Å²) in [5, 5.41) is 11.5. The quantitative estimate of drug-likeness (QED) is 0.882. The van der Waals surface area contributed by atoms with Gasteiger partial charge < -0.3 is 10.4 Å². The van der Waals surface area contributed by atoms with Crippen molar-refractivity contribution in [3.05, 3.63) is 33.8 Å². The van der Waals surface area contributed by atoms with Crippen LogP contribution in [0.25, 0.3) is 0 Å². The summed E-state index contributed by atoms with van der Waals surface area (Å²) in [5.74, 6) is -0.166. The maximum absolute atomic E-state index is 11.7. The second-order valence-electron chi connectivity index (χ2n) is 3.57. The van der Waals surface area contributed by atoms with Gasteiger partial charge in [0.15, 0.2) is 0 Å². The average molecular weight is 272 g/mol. The fraction of sp³-hybridized carbons (Fsp3) is 0.364. The van der Waals surface area contributed by atoms with Gasteiger partial charge in [-0.2, -0.15) is 0 Å². The van der Waals surface area contributed by atoms with Gasteiger partial charge >= 0.3 is 0 Å². The van der Waals surface area contributed by atoms with Crippen molar-refractivity contribution in [2.75, 3.05) is 6.61 Å². The third kappa shape index (κ3) is 3.64. The molecule has 0 aliphatic heterocycles. The second kappa shape index (κ2) is 5.28. The number of amides is 1. The highest BCUT2D eigenvalue weighted by atomic mass is 79.9. The minimum absolute atomic E-state index is 0.0568. The zero-order chi connectivity index (χ0) is 11.4. The first-order valence-corrected chi connectivity index (χ1v) is 5.51. The van der Waals surface area contributed by atoms with Crippen LogP contribution in [0.5, 0.6) is 0 Å². The number of carbonyl (C=O) groups is 1. The van der Waals surface area contributed by atoms with Crippen molar-refractivity contribution in [1.29, 1.82) is 0 Å². The minimum Gasteiger partial charge on any atom is -0.394 e. The molecule has 0 bridgehead atoms. The fourth-order valence-corrected chi connectivity index (χ4v) is 1.83. The van der Waals surface area contributed by atoms with E-state index in [1.807, 2.05) is 19.1 Å². The Bertz CT molecular complexity index is 345. The van der Waals surface area contributed by atoms with Crippen LogP contribution in [0.2, 0.25) is 0 Å². The number of aliphatic hydroxyl groups is 1. The second-order valence-corrected chi connectivity index (χ2v) is 4.49. The van der Waals surface area contributed by atoms with Crippen LogP contribution in [0.3, 0.4) is 0 Å². The van der Waals surface area contributed by atoms with Gasteiger partial charge in [0.05, 0.1) is 6.61 Å². The Morgan fingerprint density at radius 2 is 2.20 bits per heavy atom. The van der Waals surface area contributed by atoms with E-state index in [9.17, 15) is 4.79 Å². The molecule has 0 aliphatic rings. The Kier molecular flexibility index (Phi) is 4.29. The molecule has 1 amide bonds. The van der Waals surface area contributed by atoms with Crippen molar-refractivity contribution >= 4 is 21.8 Å². The Balaban J connectivity index is 2.82. The predicted octanol–water partition coefficient (Wildman–Crippen LogP) is 1.87. The number of aliphatic hydroxyl groups excluding tert-OH is 1. The van der Waals surface area contributed by atoms with E-state index in [1.54, 1.807) is 13.0 Å². The smallest absolute Gasteiger partial charge is 0.251 e. The van der Waals surface area contributed by atoms with E-state index in [0.717, 1.165) is 10.0 Å². The number of halogens is 1. The maximum atomic E-state index is 11.7. The van der Waals surface area contributed by atoms with Crippen molar-refractivity contribution < 1.29 is 9.90 Å². The lowest BCUT2D eigenvalue weighted by atomic mass is 10.1. The van der Waals surface area contributed by atoms with Gasteiger partial charge in [0.1, 0.15) is 0 Å². The monoisotopic (exact) mass is 271 g/mol. The van der Waals surface area contributed by atoms with Gasteiger partial charge in [-0.25, -0.2) is 0 Å². The normalized spacial score (nSPS) is 12.3. The molecule has 0 saturated carbocycles. The molecule has 1 atom stereocenters. The van der Waals surface area contributed by atoms with E-state index in [0.29, 0.717) is 5.56 Å². The summed E-state index contributed by atoms with van der Waals surface area (Å²) in [6.45, 7) is 3.62. The molecule has 2 N–H and O–H groups in total. The standard InChI is InChI=1S/C11H14BrNO2/c1-7-3-9(5-10(12)4-7)11(15)13-8(2)6-14/h3-5,8,14H,6H2,1-2H3,(H,13,15)/t8-/m0/s1. The topological polar surface area (TPSA) is 49.3 Å². The molecule has 0 aliphatic carbocycles. The molecule has 0 radical (unpaired) electrons. The summed E-state index contributed by atoms with van der Waals surface area (Å²) in [6, 6.07) is 5.28.